The number of methoxy groups -OCH3 is 2. The summed E-state index contributed by atoms with van der Waals surface area (Å²) in [6.07, 6.45) is -0.920. The Morgan fingerprint density at radius 3 is 1.55 bits per heavy atom. The van der Waals surface area contributed by atoms with Crippen molar-refractivity contribution < 1.29 is 38.9 Å². The van der Waals surface area contributed by atoms with Crippen LogP contribution in [0.3, 0.4) is 0 Å². The van der Waals surface area contributed by atoms with Gasteiger partial charge in [-0.1, -0.05) is 36.4 Å². The predicted molar refractivity (Wildman–Crippen MR) is 101 cm³/mol. The largest absolute Gasteiger partial charge is 0.481 e. The van der Waals surface area contributed by atoms with Crippen LogP contribution in [-0.2, 0) is 24.5 Å². The van der Waals surface area contributed by atoms with Crippen molar-refractivity contribution >= 4 is 23.9 Å². The van der Waals surface area contributed by atoms with E-state index in [1.807, 2.05) is 0 Å². The number of carboxylic acids is 2. The first-order chi connectivity index (χ1) is 13.8. The van der Waals surface area contributed by atoms with Crippen LogP contribution in [-0.4, -0.2) is 48.3 Å². The molecule has 0 spiro atoms. The molecule has 0 aliphatic carbocycles. The van der Waals surface area contributed by atoms with E-state index in [-0.39, 0.29) is 22.3 Å². The molecule has 0 atom stereocenters. The molecule has 0 radical (unpaired) electrons. The molecule has 0 aromatic heterocycles. The van der Waals surface area contributed by atoms with Gasteiger partial charge in [-0.05, 0) is 29.7 Å². The number of carbonyl (C=O) groups is 4. The summed E-state index contributed by atoms with van der Waals surface area (Å²) in [5.74, 6) is -4.19. The Hall–Kier alpha value is -3.68. The molecule has 0 unspecified atom stereocenters. The van der Waals surface area contributed by atoms with Crippen molar-refractivity contribution in [1.82, 2.24) is 0 Å². The number of ether oxygens (including phenoxy) is 2. The summed E-state index contributed by atoms with van der Waals surface area (Å²) in [6.45, 7) is 0. The standard InChI is InChI=1S/C21H20O8/c1-28-18(24)13-7-3-5-9-15(13)21(20(26)27,12-11-17(22)23)16-10-6-4-8-14(16)19(25)29-2/h3-10H,11-12H2,1-2H3,(H,22,23)(H,26,27). The molecule has 0 bridgehead atoms. The van der Waals surface area contributed by atoms with Crippen molar-refractivity contribution in [2.75, 3.05) is 14.2 Å². The lowest BCUT2D eigenvalue weighted by Crippen LogP contribution is -2.40. The van der Waals surface area contributed by atoms with Crippen molar-refractivity contribution in [1.29, 1.82) is 0 Å². The van der Waals surface area contributed by atoms with Crippen LogP contribution >= 0.6 is 0 Å². The van der Waals surface area contributed by atoms with Gasteiger partial charge < -0.3 is 19.7 Å². The van der Waals surface area contributed by atoms with Gasteiger partial charge >= 0.3 is 23.9 Å². The normalized spacial score (nSPS) is 10.8. The molecule has 0 aliphatic heterocycles. The number of aliphatic carboxylic acids is 2. The van der Waals surface area contributed by atoms with Gasteiger partial charge in [0.25, 0.3) is 0 Å². The molecule has 29 heavy (non-hydrogen) atoms. The van der Waals surface area contributed by atoms with Gasteiger partial charge in [-0.15, -0.1) is 0 Å². The Morgan fingerprint density at radius 2 is 1.21 bits per heavy atom. The fourth-order valence-electron chi connectivity index (χ4n) is 3.33. The van der Waals surface area contributed by atoms with Crippen LogP contribution in [0.1, 0.15) is 44.7 Å². The number of rotatable bonds is 8. The highest BCUT2D eigenvalue weighted by Crippen LogP contribution is 2.41. The summed E-state index contributed by atoms with van der Waals surface area (Å²) in [5, 5.41) is 19.5. The Kier molecular flexibility index (Phi) is 6.71. The van der Waals surface area contributed by atoms with Gasteiger partial charge in [0.1, 0.15) is 5.41 Å². The van der Waals surface area contributed by atoms with Crippen molar-refractivity contribution in [2.45, 2.75) is 18.3 Å². The van der Waals surface area contributed by atoms with E-state index in [1.54, 1.807) is 0 Å². The lowest BCUT2D eigenvalue weighted by molar-refractivity contribution is -0.143. The first-order valence-corrected chi connectivity index (χ1v) is 8.60. The second-order valence-corrected chi connectivity index (χ2v) is 6.18. The second kappa shape index (κ2) is 9.01. The maximum absolute atomic E-state index is 12.7. The Labute approximate surface area is 166 Å². The van der Waals surface area contributed by atoms with Gasteiger partial charge in [-0.3, -0.25) is 9.59 Å². The minimum atomic E-state index is -2.01. The van der Waals surface area contributed by atoms with E-state index < -0.39 is 42.1 Å². The SMILES string of the molecule is COC(=O)c1ccccc1C(CCC(=O)O)(C(=O)O)c1ccccc1C(=O)OC. The molecule has 2 rings (SSSR count). The topological polar surface area (TPSA) is 127 Å². The average Bonchev–Trinajstić information content (AvgIpc) is 2.73. The Morgan fingerprint density at radius 1 is 0.793 bits per heavy atom. The third-order valence-electron chi connectivity index (χ3n) is 4.66. The van der Waals surface area contributed by atoms with Crippen LogP contribution in [0.5, 0.6) is 0 Å². The minimum Gasteiger partial charge on any atom is -0.481 e. The van der Waals surface area contributed by atoms with Crippen molar-refractivity contribution in [2.24, 2.45) is 0 Å². The minimum absolute atomic E-state index is 0.0250. The van der Waals surface area contributed by atoms with Crippen LogP contribution in [0.25, 0.3) is 0 Å². The molecule has 0 saturated heterocycles. The van der Waals surface area contributed by atoms with Gasteiger partial charge in [0.15, 0.2) is 0 Å². The number of hydrogen-bond donors (Lipinski definition) is 2. The molecule has 0 heterocycles. The first kappa shape index (κ1) is 21.6. The highest BCUT2D eigenvalue weighted by atomic mass is 16.5. The maximum Gasteiger partial charge on any atom is 0.338 e. The summed E-state index contributed by atoms with van der Waals surface area (Å²) in [4.78, 5) is 48.6. The molecule has 2 aromatic carbocycles. The lowest BCUT2D eigenvalue weighted by atomic mass is 9.68. The van der Waals surface area contributed by atoms with Gasteiger partial charge in [-0.2, -0.15) is 0 Å². The zero-order valence-corrected chi connectivity index (χ0v) is 15.9. The summed E-state index contributed by atoms with van der Waals surface area (Å²) >= 11 is 0. The van der Waals surface area contributed by atoms with E-state index in [1.165, 1.54) is 48.5 Å². The Balaban J connectivity index is 2.93. The van der Waals surface area contributed by atoms with E-state index in [4.69, 9.17) is 9.47 Å². The van der Waals surface area contributed by atoms with Gasteiger partial charge in [0.2, 0.25) is 0 Å². The summed E-state index contributed by atoms with van der Waals surface area (Å²) < 4.78 is 9.54. The Bertz CT molecular complexity index is 888. The van der Waals surface area contributed by atoms with Crippen LogP contribution in [0.15, 0.2) is 48.5 Å². The third kappa shape index (κ3) is 4.11. The molecule has 152 valence electrons. The van der Waals surface area contributed by atoms with Crippen molar-refractivity contribution in [3.8, 4) is 0 Å². The van der Waals surface area contributed by atoms with Gasteiger partial charge in [0.05, 0.1) is 25.3 Å². The molecular formula is C21H20O8. The predicted octanol–water partition coefficient (Wildman–Crippen LogP) is 2.50. The lowest BCUT2D eigenvalue weighted by Gasteiger charge is -2.33. The van der Waals surface area contributed by atoms with Gasteiger partial charge in [-0.25, -0.2) is 9.59 Å². The molecule has 8 nitrogen and oxygen atoms in total. The fraction of sp³-hybridized carbons (Fsp3) is 0.238. The number of esters is 2. The third-order valence-corrected chi connectivity index (χ3v) is 4.66. The van der Waals surface area contributed by atoms with Crippen LogP contribution < -0.4 is 0 Å². The van der Waals surface area contributed by atoms with Crippen LogP contribution in [0, 0.1) is 0 Å². The smallest absolute Gasteiger partial charge is 0.338 e. The molecule has 0 aliphatic rings. The van der Waals surface area contributed by atoms with E-state index >= 15 is 0 Å². The number of hydrogen-bond acceptors (Lipinski definition) is 6. The highest BCUT2D eigenvalue weighted by molar-refractivity contribution is 6.00. The van der Waals surface area contributed by atoms with E-state index in [9.17, 15) is 29.4 Å². The maximum atomic E-state index is 12.7. The molecule has 2 aromatic rings. The monoisotopic (exact) mass is 400 g/mol. The van der Waals surface area contributed by atoms with Crippen LogP contribution in [0.4, 0.5) is 0 Å². The number of carboxylic acid groups (broad SMARTS) is 2. The highest BCUT2D eigenvalue weighted by Gasteiger charge is 2.47. The quantitative estimate of drug-likeness (QED) is 0.647. The second-order valence-electron chi connectivity index (χ2n) is 6.18. The summed E-state index contributed by atoms with van der Waals surface area (Å²) in [6, 6.07) is 11.7. The van der Waals surface area contributed by atoms with E-state index in [0.29, 0.717) is 0 Å². The van der Waals surface area contributed by atoms with E-state index in [2.05, 4.69) is 0 Å². The number of benzene rings is 2. The summed E-state index contributed by atoms with van der Waals surface area (Å²) in [5.41, 5.74) is -2.03. The molecule has 2 N–H and O–H groups in total. The molecule has 0 amide bonds. The zero-order valence-electron chi connectivity index (χ0n) is 15.9. The molecule has 0 fully saturated rings. The summed E-state index contributed by atoms with van der Waals surface area (Å²) in [7, 11) is 2.31. The van der Waals surface area contributed by atoms with E-state index in [0.717, 1.165) is 14.2 Å². The van der Waals surface area contributed by atoms with Gasteiger partial charge in [0, 0.05) is 6.42 Å². The van der Waals surface area contributed by atoms with Crippen molar-refractivity contribution in [3.63, 3.8) is 0 Å². The first-order valence-electron chi connectivity index (χ1n) is 8.60. The molecular weight excluding hydrogens is 380 g/mol. The zero-order chi connectivity index (χ0) is 21.6. The van der Waals surface area contributed by atoms with Crippen molar-refractivity contribution in [3.05, 3.63) is 70.8 Å². The average molecular weight is 400 g/mol. The molecule has 8 heteroatoms. The fourth-order valence-corrected chi connectivity index (χ4v) is 3.33. The molecule has 0 saturated carbocycles. The van der Waals surface area contributed by atoms with Crippen LogP contribution in [0.2, 0.25) is 0 Å². The number of carbonyl (C=O) groups excluding carboxylic acids is 2.